The van der Waals surface area contributed by atoms with E-state index in [1.54, 1.807) is 6.07 Å². The molecule has 2 aromatic carbocycles. The van der Waals surface area contributed by atoms with E-state index in [0.29, 0.717) is 8.95 Å². The zero-order valence-corrected chi connectivity index (χ0v) is 18.7. The third-order valence-electron chi connectivity index (χ3n) is 4.96. The number of carbonyl (C=O) groups is 2. The van der Waals surface area contributed by atoms with E-state index in [1.165, 1.54) is 6.20 Å². The number of carboxylic acids is 1. The van der Waals surface area contributed by atoms with Crippen LogP contribution in [-0.2, 0) is 9.53 Å². The summed E-state index contributed by atoms with van der Waals surface area (Å²) in [5.41, 5.74) is 4.58. The predicted octanol–water partition coefficient (Wildman–Crippen LogP) is 5.27. The second-order valence-electron chi connectivity index (χ2n) is 6.76. The minimum absolute atomic E-state index is 0.0983. The minimum atomic E-state index is -1.34. The lowest BCUT2D eigenvalue weighted by molar-refractivity contribution is -0.139. The van der Waals surface area contributed by atoms with Crippen LogP contribution in [-0.4, -0.2) is 28.8 Å². The fraction of sp³-hybridized carbons (Fsp3) is 0.136. The summed E-state index contributed by atoms with van der Waals surface area (Å²) in [5.74, 6) is -1.34. The Morgan fingerprint density at radius 3 is 2.23 bits per heavy atom. The highest BCUT2D eigenvalue weighted by Crippen LogP contribution is 2.44. The number of carbonyl (C=O) groups excluding carboxylic acids is 1. The van der Waals surface area contributed by atoms with E-state index in [9.17, 15) is 14.7 Å². The maximum atomic E-state index is 12.4. The number of benzene rings is 2. The van der Waals surface area contributed by atoms with Crippen LogP contribution in [0.1, 0.15) is 28.8 Å². The van der Waals surface area contributed by atoms with E-state index in [4.69, 9.17) is 4.74 Å². The summed E-state index contributed by atoms with van der Waals surface area (Å²) < 4.78 is 6.58. The van der Waals surface area contributed by atoms with Gasteiger partial charge in [-0.1, -0.05) is 48.5 Å². The summed E-state index contributed by atoms with van der Waals surface area (Å²) in [6, 6.07) is 16.3. The maximum absolute atomic E-state index is 12.4. The van der Waals surface area contributed by atoms with Crippen molar-refractivity contribution in [1.82, 2.24) is 10.3 Å². The Hall–Kier alpha value is -2.71. The molecule has 1 aliphatic carbocycles. The average molecular weight is 532 g/mol. The van der Waals surface area contributed by atoms with E-state index in [1.807, 2.05) is 48.5 Å². The minimum Gasteiger partial charge on any atom is -0.479 e. The van der Waals surface area contributed by atoms with Gasteiger partial charge in [0.15, 0.2) is 6.04 Å². The molecule has 0 spiro atoms. The predicted molar refractivity (Wildman–Crippen MR) is 118 cm³/mol. The van der Waals surface area contributed by atoms with Crippen LogP contribution in [0, 0.1) is 0 Å². The van der Waals surface area contributed by atoms with Crippen molar-refractivity contribution in [2.75, 3.05) is 6.61 Å². The van der Waals surface area contributed by atoms with Crippen LogP contribution >= 0.6 is 31.9 Å². The Morgan fingerprint density at radius 1 is 1.07 bits per heavy atom. The van der Waals surface area contributed by atoms with Gasteiger partial charge in [-0.2, -0.15) is 0 Å². The lowest BCUT2D eigenvalue weighted by atomic mass is 9.98. The lowest BCUT2D eigenvalue weighted by Gasteiger charge is -2.18. The van der Waals surface area contributed by atoms with Gasteiger partial charge in [0.2, 0.25) is 0 Å². The quantitative estimate of drug-likeness (QED) is 0.468. The third kappa shape index (κ3) is 3.97. The molecular weight excluding hydrogens is 516 g/mol. The second-order valence-corrected chi connectivity index (χ2v) is 8.53. The van der Waals surface area contributed by atoms with Crippen molar-refractivity contribution in [3.63, 3.8) is 0 Å². The number of pyridine rings is 1. The number of nitrogens with one attached hydrogen (secondary N) is 1. The first-order chi connectivity index (χ1) is 14.5. The molecule has 1 heterocycles. The van der Waals surface area contributed by atoms with Crippen LogP contribution < -0.4 is 5.32 Å². The Balaban J connectivity index is 1.50. The second kappa shape index (κ2) is 8.57. The van der Waals surface area contributed by atoms with Crippen LogP contribution in [0.3, 0.4) is 0 Å². The largest absolute Gasteiger partial charge is 0.479 e. The molecule has 0 fully saturated rings. The van der Waals surface area contributed by atoms with Crippen molar-refractivity contribution < 1.29 is 19.4 Å². The van der Waals surface area contributed by atoms with Crippen molar-refractivity contribution in [2.24, 2.45) is 0 Å². The topological polar surface area (TPSA) is 88.5 Å². The number of aliphatic carboxylic acids is 1. The number of carboxylic acid groups (broad SMARTS) is 1. The van der Waals surface area contributed by atoms with Gasteiger partial charge in [-0.05, 0) is 60.2 Å². The molecule has 1 aromatic heterocycles. The first kappa shape index (κ1) is 20.6. The highest BCUT2D eigenvalue weighted by molar-refractivity contribution is 9.11. The monoisotopic (exact) mass is 530 g/mol. The van der Waals surface area contributed by atoms with Crippen molar-refractivity contribution in [3.05, 3.63) is 86.6 Å². The fourth-order valence-corrected chi connectivity index (χ4v) is 4.86. The highest BCUT2D eigenvalue weighted by atomic mass is 79.9. The molecule has 6 nitrogen and oxygen atoms in total. The molecule has 30 heavy (non-hydrogen) atoms. The number of alkyl carbamates (subject to hydrolysis) is 1. The number of hydrogen-bond acceptors (Lipinski definition) is 4. The molecule has 1 aliphatic rings. The van der Waals surface area contributed by atoms with Gasteiger partial charge in [0.05, 0.1) is 5.69 Å². The van der Waals surface area contributed by atoms with Crippen LogP contribution in [0.5, 0.6) is 0 Å². The molecule has 3 aromatic rings. The SMILES string of the molecule is O=C(NC(C(=O)O)c1ncc(Br)cc1Br)OCC1c2ccccc2-c2ccccc21. The van der Waals surface area contributed by atoms with E-state index < -0.39 is 18.1 Å². The molecule has 0 bridgehead atoms. The zero-order valence-electron chi connectivity index (χ0n) is 15.5. The summed E-state index contributed by atoms with van der Waals surface area (Å²) >= 11 is 6.56. The summed E-state index contributed by atoms with van der Waals surface area (Å²) in [6.45, 7) is 0.0983. The van der Waals surface area contributed by atoms with Crippen LogP contribution in [0.4, 0.5) is 4.79 Å². The molecule has 0 saturated carbocycles. The molecule has 1 amide bonds. The number of aromatic nitrogens is 1. The van der Waals surface area contributed by atoms with Crippen molar-refractivity contribution in [3.8, 4) is 11.1 Å². The molecule has 0 saturated heterocycles. The molecule has 0 radical (unpaired) electrons. The number of hydrogen-bond donors (Lipinski definition) is 2. The molecule has 4 rings (SSSR count). The fourth-order valence-electron chi connectivity index (χ4n) is 3.64. The van der Waals surface area contributed by atoms with E-state index in [-0.39, 0.29) is 18.2 Å². The third-order valence-corrected chi connectivity index (χ3v) is 6.03. The molecule has 1 unspecified atom stereocenters. The standard InChI is InChI=1S/C22H16Br2N2O4/c23-12-9-18(24)19(25-10-12)20(21(27)28)26-22(29)30-11-17-15-7-3-1-5-13(15)14-6-2-4-8-16(14)17/h1-10,17,20H,11H2,(H,26,29)(H,27,28). The van der Waals surface area contributed by atoms with Gasteiger partial charge in [0.1, 0.15) is 6.61 Å². The van der Waals surface area contributed by atoms with Gasteiger partial charge in [-0.15, -0.1) is 0 Å². The van der Waals surface area contributed by atoms with Crippen LogP contribution in [0.15, 0.2) is 69.7 Å². The van der Waals surface area contributed by atoms with E-state index in [0.717, 1.165) is 22.3 Å². The molecule has 152 valence electrons. The Bertz CT molecular complexity index is 1090. The number of fused-ring (bicyclic) bond motifs is 3. The zero-order chi connectivity index (χ0) is 21.3. The van der Waals surface area contributed by atoms with Crippen molar-refractivity contribution >= 4 is 43.9 Å². The lowest BCUT2D eigenvalue weighted by Crippen LogP contribution is -2.35. The number of ether oxygens (including phenoxy) is 1. The van der Waals surface area contributed by atoms with Crippen molar-refractivity contribution in [1.29, 1.82) is 0 Å². The van der Waals surface area contributed by atoms with E-state index in [2.05, 4.69) is 42.2 Å². The number of halogens is 2. The normalized spacial score (nSPS) is 13.3. The molecule has 2 N–H and O–H groups in total. The first-order valence-corrected chi connectivity index (χ1v) is 10.7. The van der Waals surface area contributed by atoms with Gasteiger partial charge in [-0.25, -0.2) is 9.59 Å². The van der Waals surface area contributed by atoms with Gasteiger partial charge in [0.25, 0.3) is 0 Å². The molecule has 0 aliphatic heterocycles. The van der Waals surface area contributed by atoms with Crippen LogP contribution in [0.25, 0.3) is 11.1 Å². The molecule has 1 atom stereocenters. The summed E-state index contributed by atoms with van der Waals surface area (Å²) in [7, 11) is 0. The van der Waals surface area contributed by atoms with E-state index >= 15 is 0 Å². The van der Waals surface area contributed by atoms with Gasteiger partial charge < -0.3 is 15.2 Å². The first-order valence-electron chi connectivity index (χ1n) is 9.11. The van der Waals surface area contributed by atoms with Crippen LogP contribution in [0.2, 0.25) is 0 Å². The summed E-state index contributed by atoms with van der Waals surface area (Å²) in [5, 5.41) is 12.0. The number of amides is 1. The summed E-state index contributed by atoms with van der Waals surface area (Å²) in [6.07, 6.45) is 0.649. The maximum Gasteiger partial charge on any atom is 0.408 e. The highest BCUT2D eigenvalue weighted by Gasteiger charge is 2.30. The smallest absolute Gasteiger partial charge is 0.408 e. The summed E-state index contributed by atoms with van der Waals surface area (Å²) in [4.78, 5) is 28.3. The van der Waals surface area contributed by atoms with Crippen molar-refractivity contribution in [2.45, 2.75) is 12.0 Å². The Kier molecular flexibility index (Phi) is 5.87. The number of nitrogens with zero attached hydrogens (tertiary/aromatic N) is 1. The molecular formula is C22H16Br2N2O4. The average Bonchev–Trinajstić information content (AvgIpc) is 3.05. The number of rotatable bonds is 5. The van der Waals surface area contributed by atoms with Gasteiger partial charge >= 0.3 is 12.1 Å². The van der Waals surface area contributed by atoms with Gasteiger partial charge in [-0.3, -0.25) is 4.98 Å². The van der Waals surface area contributed by atoms with Gasteiger partial charge in [0, 0.05) is 21.1 Å². The Morgan fingerprint density at radius 2 is 1.67 bits per heavy atom. The molecule has 8 heteroatoms. The Labute approximate surface area is 189 Å².